The summed E-state index contributed by atoms with van der Waals surface area (Å²) < 4.78 is 25.5. The van der Waals surface area contributed by atoms with E-state index in [-0.39, 0.29) is 17.7 Å². The van der Waals surface area contributed by atoms with E-state index in [0.717, 1.165) is 10.0 Å². The van der Waals surface area contributed by atoms with E-state index in [1.807, 2.05) is 38.1 Å². The van der Waals surface area contributed by atoms with Crippen LogP contribution in [-0.4, -0.2) is 30.9 Å². The number of hydrogen-bond acceptors (Lipinski definition) is 8. The highest BCUT2D eigenvalue weighted by Gasteiger charge is 2.31. The first-order chi connectivity index (χ1) is 21.2. The summed E-state index contributed by atoms with van der Waals surface area (Å²) in [6.45, 7) is 4.86. The maximum atomic E-state index is 14.1. The number of aromatic nitrogens is 1. The highest BCUT2D eigenvalue weighted by molar-refractivity contribution is 9.10. The van der Waals surface area contributed by atoms with Crippen LogP contribution in [0.1, 0.15) is 36.6 Å². The lowest BCUT2D eigenvalue weighted by Crippen LogP contribution is -2.39. The van der Waals surface area contributed by atoms with Crippen LogP contribution in [0.5, 0.6) is 17.2 Å². The van der Waals surface area contributed by atoms with Crippen molar-refractivity contribution in [3.63, 3.8) is 0 Å². The Balaban J connectivity index is 1.59. The largest absolute Gasteiger partial charge is 0.490 e. The van der Waals surface area contributed by atoms with Gasteiger partial charge in [-0.05, 0) is 73.5 Å². The van der Waals surface area contributed by atoms with E-state index in [9.17, 15) is 9.59 Å². The lowest BCUT2D eigenvalue weighted by Gasteiger charge is -2.23. The standard InChI is InChI=1S/C32H27BrCl2N2O6S/c1-4-41-26-10-7-19(14-27(26)42-5-2)29-22(31(39)40-3)16-36-32-37(29)30(38)28(44-32)15-20-13-21(33)8-11-25(20)43-17-18-6-9-23(34)24(35)12-18/h6-16,29H,4-5,17H2,1-3H3/b28-15-/t29-/m1/s1. The van der Waals surface area contributed by atoms with Gasteiger partial charge in [0.25, 0.3) is 5.56 Å². The molecule has 5 rings (SSSR count). The van der Waals surface area contributed by atoms with E-state index >= 15 is 0 Å². The lowest BCUT2D eigenvalue weighted by atomic mass is 9.97. The van der Waals surface area contributed by atoms with Gasteiger partial charge in [-0.2, -0.15) is 0 Å². The Bertz CT molecular complexity index is 1940. The maximum Gasteiger partial charge on any atom is 0.337 e. The molecule has 4 aromatic rings. The predicted octanol–water partition coefficient (Wildman–Crippen LogP) is 6.46. The number of hydrogen-bond donors (Lipinski definition) is 0. The number of nitrogens with zero attached hydrogens (tertiary/aromatic N) is 2. The minimum atomic E-state index is -0.802. The molecule has 0 N–H and O–H groups in total. The Morgan fingerprint density at radius 3 is 2.45 bits per heavy atom. The Kier molecular flexibility index (Phi) is 10.2. The minimum absolute atomic E-state index is 0.214. The fraction of sp³-hybridized carbons (Fsp3) is 0.219. The molecule has 0 saturated heterocycles. The van der Waals surface area contributed by atoms with Crippen LogP contribution in [0.3, 0.4) is 0 Å². The number of esters is 1. The van der Waals surface area contributed by atoms with E-state index < -0.39 is 12.0 Å². The molecule has 0 unspecified atom stereocenters. The van der Waals surface area contributed by atoms with Gasteiger partial charge in [0.2, 0.25) is 0 Å². The lowest BCUT2D eigenvalue weighted by molar-refractivity contribution is -0.136. The Labute approximate surface area is 275 Å². The Morgan fingerprint density at radius 1 is 0.977 bits per heavy atom. The van der Waals surface area contributed by atoms with Crippen molar-refractivity contribution in [3.05, 3.63) is 117 Å². The fourth-order valence-corrected chi connectivity index (χ4v) is 6.34. The summed E-state index contributed by atoms with van der Waals surface area (Å²) in [6, 6.07) is 15.4. The van der Waals surface area contributed by atoms with Crippen molar-refractivity contribution >= 4 is 62.5 Å². The minimum Gasteiger partial charge on any atom is -0.490 e. The van der Waals surface area contributed by atoms with Gasteiger partial charge in [-0.3, -0.25) is 9.36 Å². The summed E-state index contributed by atoms with van der Waals surface area (Å²) in [7, 11) is 1.29. The van der Waals surface area contributed by atoms with Gasteiger partial charge in [0, 0.05) is 16.2 Å². The van der Waals surface area contributed by atoms with Crippen LogP contribution in [0.15, 0.2) is 80.6 Å². The quantitative estimate of drug-likeness (QED) is 0.175. The number of ether oxygens (including phenoxy) is 4. The summed E-state index contributed by atoms with van der Waals surface area (Å²) in [6.07, 6.45) is 3.20. The zero-order valence-electron chi connectivity index (χ0n) is 23.9. The van der Waals surface area contributed by atoms with Crippen molar-refractivity contribution in [1.29, 1.82) is 0 Å². The van der Waals surface area contributed by atoms with Crippen molar-refractivity contribution in [2.75, 3.05) is 20.3 Å². The molecule has 0 saturated carbocycles. The summed E-state index contributed by atoms with van der Waals surface area (Å²) in [4.78, 5) is 31.8. The number of thiazole rings is 1. The summed E-state index contributed by atoms with van der Waals surface area (Å²) in [5.74, 6) is 1.04. The van der Waals surface area contributed by atoms with Gasteiger partial charge in [-0.25, -0.2) is 9.79 Å². The number of fused-ring (bicyclic) bond motifs is 1. The van der Waals surface area contributed by atoms with Gasteiger partial charge >= 0.3 is 5.97 Å². The number of carbonyl (C=O) groups is 1. The van der Waals surface area contributed by atoms with Gasteiger partial charge in [0.1, 0.15) is 12.4 Å². The predicted molar refractivity (Wildman–Crippen MR) is 175 cm³/mol. The molecule has 1 aliphatic rings. The zero-order valence-corrected chi connectivity index (χ0v) is 27.8. The van der Waals surface area contributed by atoms with Crippen LogP contribution in [0, 0.1) is 0 Å². The maximum absolute atomic E-state index is 14.1. The van der Waals surface area contributed by atoms with Crippen molar-refractivity contribution in [2.24, 2.45) is 4.99 Å². The third-order valence-corrected chi connectivity index (χ3v) is 8.87. The molecule has 0 radical (unpaired) electrons. The molecule has 0 amide bonds. The number of halogens is 3. The van der Waals surface area contributed by atoms with Gasteiger partial charge < -0.3 is 18.9 Å². The van der Waals surface area contributed by atoms with E-state index in [1.54, 1.807) is 36.4 Å². The van der Waals surface area contributed by atoms with Crippen LogP contribution in [0.25, 0.3) is 6.08 Å². The van der Waals surface area contributed by atoms with Crippen molar-refractivity contribution < 1.29 is 23.7 Å². The molecular weight excluding hydrogens is 691 g/mol. The molecule has 228 valence electrons. The van der Waals surface area contributed by atoms with Gasteiger partial charge in [0.05, 0.1) is 46.5 Å². The molecule has 1 atom stereocenters. The van der Waals surface area contributed by atoms with E-state index in [1.165, 1.54) is 29.2 Å². The molecule has 1 aromatic heterocycles. The molecule has 44 heavy (non-hydrogen) atoms. The molecule has 0 bridgehead atoms. The average molecular weight is 718 g/mol. The number of benzene rings is 3. The first kappa shape index (κ1) is 31.8. The first-order valence-corrected chi connectivity index (χ1v) is 16.0. The molecule has 0 aliphatic carbocycles. The van der Waals surface area contributed by atoms with Crippen LogP contribution >= 0.6 is 50.5 Å². The second kappa shape index (κ2) is 14.0. The molecule has 1 aliphatic heterocycles. The highest BCUT2D eigenvalue weighted by Crippen LogP contribution is 2.35. The van der Waals surface area contributed by atoms with Crippen LogP contribution in [0.4, 0.5) is 0 Å². The summed E-state index contributed by atoms with van der Waals surface area (Å²) >= 11 is 17.0. The van der Waals surface area contributed by atoms with Crippen molar-refractivity contribution in [1.82, 2.24) is 4.57 Å². The molecule has 2 heterocycles. The van der Waals surface area contributed by atoms with Gasteiger partial charge in [-0.1, -0.05) is 62.6 Å². The van der Waals surface area contributed by atoms with Crippen LogP contribution in [-0.2, 0) is 16.1 Å². The molecule has 0 fully saturated rings. The number of rotatable bonds is 10. The van der Waals surface area contributed by atoms with Crippen LogP contribution in [0.2, 0.25) is 10.0 Å². The smallest absolute Gasteiger partial charge is 0.337 e. The Morgan fingerprint density at radius 2 is 1.73 bits per heavy atom. The molecule has 12 heteroatoms. The Hall–Kier alpha value is -3.57. The molecule has 3 aromatic carbocycles. The second-order valence-corrected chi connectivity index (χ2v) is 12.2. The molecule has 8 nitrogen and oxygen atoms in total. The monoisotopic (exact) mass is 716 g/mol. The van der Waals surface area contributed by atoms with Gasteiger partial charge in [-0.15, -0.1) is 0 Å². The highest BCUT2D eigenvalue weighted by atomic mass is 79.9. The topological polar surface area (TPSA) is 88.4 Å². The number of methoxy groups -OCH3 is 1. The fourth-order valence-electron chi connectivity index (χ4n) is 4.68. The average Bonchev–Trinajstić information content (AvgIpc) is 3.33. The summed E-state index contributed by atoms with van der Waals surface area (Å²) in [5.41, 5.74) is 2.05. The zero-order chi connectivity index (χ0) is 31.4. The normalized spacial score (nSPS) is 14.4. The van der Waals surface area contributed by atoms with E-state index in [0.29, 0.717) is 61.0 Å². The molecule has 0 spiro atoms. The third kappa shape index (κ3) is 6.73. The molecular formula is C32H27BrCl2N2O6S. The summed E-state index contributed by atoms with van der Waals surface area (Å²) in [5, 5.41) is 0.898. The van der Waals surface area contributed by atoms with E-state index in [2.05, 4.69) is 20.9 Å². The van der Waals surface area contributed by atoms with Gasteiger partial charge in [0.15, 0.2) is 16.3 Å². The number of carbonyl (C=O) groups excluding carboxylic acids is 1. The first-order valence-electron chi connectivity index (χ1n) is 13.6. The van der Waals surface area contributed by atoms with Crippen molar-refractivity contribution in [2.45, 2.75) is 26.5 Å². The van der Waals surface area contributed by atoms with Crippen LogP contribution < -0.4 is 29.1 Å². The third-order valence-electron chi connectivity index (χ3n) is 6.64. The SMILES string of the molecule is CCOc1ccc([C@@H]2C(C(=O)OC)=CN=c3s/c(=C\c4cc(Br)ccc4OCc4ccc(Cl)c(Cl)c4)c(=O)n32)cc1OCC. The van der Waals surface area contributed by atoms with E-state index in [4.69, 9.17) is 42.1 Å². The van der Waals surface area contributed by atoms with Crippen molar-refractivity contribution in [3.8, 4) is 17.2 Å². The second-order valence-electron chi connectivity index (χ2n) is 9.47.